The molecule has 4 nitrogen and oxygen atoms in total. The minimum atomic E-state index is -0.360. The van der Waals surface area contributed by atoms with Gasteiger partial charge in [-0.1, -0.05) is 6.92 Å². The van der Waals surface area contributed by atoms with Crippen LogP contribution in [0, 0.1) is 11.7 Å². The van der Waals surface area contributed by atoms with Gasteiger partial charge in [-0.2, -0.15) is 0 Å². The summed E-state index contributed by atoms with van der Waals surface area (Å²) in [6.07, 6.45) is 2.50. The molecule has 1 aromatic carbocycles. The number of piperidine rings is 1. The van der Waals surface area contributed by atoms with Gasteiger partial charge in [0.2, 0.25) is 5.91 Å². The monoisotopic (exact) mass is 306 g/mol. The lowest BCUT2D eigenvalue weighted by atomic mass is 9.96. The van der Waals surface area contributed by atoms with Crippen molar-refractivity contribution in [3.8, 4) is 0 Å². The average molecular weight is 306 g/mol. The Hall–Kier alpha value is -1.91. The number of nitrogens with one attached hydrogen (secondary N) is 1. The van der Waals surface area contributed by atoms with Crippen molar-refractivity contribution in [2.75, 3.05) is 13.1 Å². The fourth-order valence-corrected chi connectivity index (χ4v) is 2.61. The molecule has 2 rings (SSSR count). The van der Waals surface area contributed by atoms with Gasteiger partial charge in [-0.3, -0.25) is 9.59 Å². The summed E-state index contributed by atoms with van der Waals surface area (Å²) < 4.78 is 12.9. The highest BCUT2D eigenvalue weighted by molar-refractivity contribution is 5.94. The zero-order chi connectivity index (χ0) is 16.1. The van der Waals surface area contributed by atoms with Crippen molar-refractivity contribution in [3.05, 3.63) is 35.6 Å². The van der Waals surface area contributed by atoms with E-state index >= 15 is 0 Å². The molecule has 0 bridgehead atoms. The summed E-state index contributed by atoms with van der Waals surface area (Å²) in [7, 11) is 0. The first-order chi connectivity index (χ1) is 10.5. The van der Waals surface area contributed by atoms with Gasteiger partial charge in [-0.05, 0) is 50.5 Å². The summed E-state index contributed by atoms with van der Waals surface area (Å²) >= 11 is 0. The standard InChI is InChI=1S/C17H23FN2O2/c1-3-12(2)19-16(21)14-5-4-10-20(11-14)17(22)13-6-8-15(18)9-7-13/h6-9,12,14H,3-5,10-11H2,1-2H3,(H,19,21)/t12-,14-/m0/s1. The van der Waals surface area contributed by atoms with Crippen LogP contribution >= 0.6 is 0 Å². The van der Waals surface area contributed by atoms with E-state index in [1.807, 2.05) is 13.8 Å². The van der Waals surface area contributed by atoms with Crippen LogP contribution < -0.4 is 5.32 Å². The van der Waals surface area contributed by atoms with Crippen LogP contribution in [-0.2, 0) is 4.79 Å². The Morgan fingerprint density at radius 3 is 2.68 bits per heavy atom. The van der Waals surface area contributed by atoms with E-state index in [2.05, 4.69) is 5.32 Å². The molecular weight excluding hydrogens is 283 g/mol. The number of hydrogen-bond donors (Lipinski definition) is 1. The lowest BCUT2D eigenvalue weighted by molar-refractivity contribution is -0.126. The van der Waals surface area contributed by atoms with Crippen LogP contribution in [0.5, 0.6) is 0 Å². The molecule has 0 unspecified atom stereocenters. The predicted octanol–water partition coefficient (Wildman–Crippen LogP) is 2.59. The summed E-state index contributed by atoms with van der Waals surface area (Å²) in [6, 6.07) is 5.69. The predicted molar refractivity (Wildman–Crippen MR) is 82.9 cm³/mol. The Bertz CT molecular complexity index is 530. The first-order valence-electron chi connectivity index (χ1n) is 7.86. The van der Waals surface area contributed by atoms with Crippen LogP contribution in [0.2, 0.25) is 0 Å². The summed E-state index contributed by atoms with van der Waals surface area (Å²) in [4.78, 5) is 26.3. The molecule has 22 heavy (non-hydrogen) atoms. The molecule has 0 spiro atoms. The molecule has 1 N–H and O–H groups in total. The molecule has 1 heterocycles. The number of carbonyl (C=O) groups excluding carboxylic acids is 2. The van der Waals surface area contributed by atoms with Gasteiger partial charge in [-0.15, -0.1) is 0 Å². The van der Waals surface area contributed by atoms with E-state index < -0.39 is 0 Å². The largest absolute Gasteiger partial charge is 0.353 e. The second-order valence-electron chi connectivity index (χ2n) is 5.92. The van der Waals surface area contributed by atoms with Gasteiger partial charge in [0.15, 0.2) is 0 Å². The summed E-state index contributed by atoms with van der Waals surface area (Å²) in [6.45, 7) is 5.07. The van der Waals surface area contributed by atoms with Crippen molar-refractivity contribution in [1.82, 2.24) is 10.2 Å². The maximum Gasteiger partial charge on any atom is 0.253 e. The van der Waals surface area contributed by atoms with Gasteiger partial charge in [0.25, 0.3) is 5.91 Å². The normalized spacial score (nSPS) is 19.6. The highest BCUT2D eigenvalue weighted by Crippen LogP contribution is 2.19. The zero-order valence-electron chi connectivity index (χ0n) is 13.1. The lowest BCUT2D eigenvalue weighted by Gasteiger charge is -2.32. The maximum atomic E-state index is 12.9. The summed E-state index contributed by atoms with van der Waals surface area (Å²) in [5.74, 6) is -0.639. The molecule has 0 aliphatic carbocycles. The van der Waals surface area contributed by atoms with Crippen LogP contribution in [0.15, 0.2) is 24.3 Å². The third kappa shape index (κ3) is 4.06. The Balaban J connectivity index is 1.99. The van der Waals surface area contributed by atoms with Gasteiger partial charge in [0.1, 0.15) is 5.82 Å². The average Bonchev–Trinajstić information content (AvgIpc) is 2.54. The number of carbonyl (C=O) groups is 2. The Kier molecular flexibility index (Phi) is 5.52. The van der Waals surface area contributed by atoms with E-state index in [1.165, 1.54) is 24.3 Å². The van der Waals surface area contributed by atoms with Gasteiger partial charge in [0.05, 0.1) is 5.92 Å². The van der Waals surface area contributed by atoms with E-state index in [-0.39, 0.29) is 29.6 Å². The van der Waals surface area contributed by atoms with Gasteiger partial charge >= 0.3 is 0 Å². The molecule has 120 valence electrons. The molecule has 1 aliphatic rings. The number of benzene rings is 1. The molecule has 5 heteroatoms. The highest BCUT2D eigenvalue weighted by Gasteiger charge is 2.29. The van der Waals surface area contributed by atoms with E-state index in [0.717, 1.165) is 19.3 Å². The highest BCUT2D eigenvalue weighted by atomic mass is 19.1. The molecule has 1 fully saturated rings. The number of halogens is 1. The van der Waals surface area contributed by atoms with E-state index in [9.17, 15) is 14.0 Å². The Labute approximate surface area is 130 Å². The second kappa shape index (κ2) is 7.38. The fourth-order valence-electron chi connectivity index (χ4n) is 2.61. The van der Waals surface area contributed by atoms with E-state index in [0.29, 0.717) is 18.7 Å². The van der Waals surface area contributed by atoms with Crippen LogP contribution in [-0.4, -0.2) is 35.8 Å². The second-order valence-corrected chi connectivity index (χ2v) is 5.92. The molecule has 1 aliphatic heterocycles. The summed E-state index contributed by atoms with van der Waals surface area (Å²) in [5, 5.41) is 2.98. The van der Waals surface area contributed by atoms with E-state index in [4.69, 9.17) is 0 Å². The van der Waals surface area contributed by atoms with Gasteiger partial charge < -0.3 is 10.2 Å². The first kappa shape index (κ1) is 16.5. The summed E-state index contributed by atoms with van der Waals surface area (Å²) in [5.41, 5.74) is 0.462. The maximum absolute atomic E-state index is 12.9. The zero-order valence-corrected chi connectivity index (χ0v) is 13.1. The number of rotatable bonds is 4. The molecule has 0 radical (unpaired) electrons. The number of likely N-dealkylation sites (tertiary alicyclic amines) is 1. The van der Waals surface area contributed by atoms with Crippen molar-refractivity contribution >= 4 is 11.8 Å². The Morgan fingerprint density at radius 1 is 1.36 bits per heavy atom. The van der Waals surface area contributed by atoms with Gasteiger partial charge in [-0.25, -0.2) is 4.39 Å². The molecule has 1 saturated heterocycles. The van der Waals surface area contributed by atoms with Crippen molar-refractivity contribution < 1.29 is 14.0 Å². The van der Waals surface area contributed by atoms with Crippen LogP contribution in [0.25, 0.3) is 0 Å². The fraction of sp³-hybridized carbons (Fsp3) is 0.529. The van der Waals surface area contributed by atoms with Crippen LogP contribution in [0.1, 0.15) is 43.5 Å². The van der Waals surface area contributed by atoms with Gasteiger partial charge in [0, 0.05) is 24.7 Å². The molecule has 1 aromatic rings. The van der Waals surface area contributed by atoms with Crippen LogP contribution in [0.4, 0.5) is 4.39 Å². The topological polar surface area (TPSA) is 49.4 Å². The van der Waals surface area contributed by atoms with Crippen molar-refractivity contribution in [1.29, 1.82) is 0 Å². The Morgan fingerprint density at radius 2 is 2.05 bits per heavy atom. The molecule has 2 amide bonds. The molecular formula is C17H23FN2O2. The minimum Gasteiger partial charge on any atom is -0.353 e. The van der Waals surface area contributed by atoms with Crippen molar-refractivity contribution in [2.24, 2.45) is 5.92 Å². The number of hydrogen-bond acceptors (Lipinski definition) is 2. The minimum absolute atomic E-state index is 0.0194. The smallest absolute Gasteiger partial charge is 0.253 e. The molecule has 0 aromatic heterocycles. The van der Waals surface area contributed by atoms with Crippen molar-refractivity contribution in [2.45, 2.75) is 39.2 Å². The first-order valence-corrected chi connectivity index (χ1v) is 7.86. The SMILES string of the molecule is CC[C@H](C)NC(=O)[C@H]1CCCN(C(=O)c2ccc(F)cc2)C1. The molecule has 2 atom stereocenters. The quantitative estimate of drug-likeness (QED) is 0.929. The van der Waals surface area contributed by atoms with Crippen LogP contribution in [0.3, 0.4) is 0 Å². The molecule has 0 saturated carbocycles. The third-order valence-electron chi connectivity index (χ3n) is 4.17. The van der Waals surface area contributed by atoms with Crippen molar-refractivity contribution in [3.63, 3.8) is 0 Å². The van der Waals surface area contributed by atoms with E-state index in [1.54, 1.807) is 4.90 Å². The number of amides is 2. The third-order valence-corrected chi connectivity index (χ3v) is 4.17. The lowest BCUT2D eigenvalue weighted by Crippen LogP contribution is -2.47. The number of nitrogens with zero attached hydrogens (tertiary/aromatic N) is 1.